The normalized spacial score (nSPS) is 16.3. The number of carbonyl (C=O) groups excluding carboxylic acids is 2. The first-order valence-electron chi connectivity index (χ1n) is 12.0. The minimum absolute atomic E-state index is 0.205. The lowest BCUT2D eigenvalue weighted by molar-refractivity contribution is -0.118. The second-order valence-corrected chi connectivity index (χ2v) is 9.23. The zero-order chi connectivity index (χ0) is 23.5. The molecular weight excluding hydrogens is 428 g/mol. The predicted molar refractivity (Wildman–Crippen MR) is 131 cm³/mol. The fourth-order valence-corrected chi connectivity index (χ4v) is 5.06. The summed E-state index contributed by atoms with van der Waals surface area (Å²) in [6, 6.07) is 11.0. The van der Waals surface area contributed by atoms with Crippen LogP contribution in [-0.2, 0) is 18.3 Å². The van der Waals surface area contributed by atoms with Gasteiger partial charge in [-0.25, -0.2) is 0 Å². The highest BCUT2D eigenvalue weighted by Crippen LogP contribution is 2.33. The first kappa shape index (κ1) is 22.1. The lowest BCUT2D eigenvalue weighted by Crippen LogP contribution is -2.44. The summed E-state index contributed by atoms with van der Waals surface area (Å²) < 4.78 is 1.64. The van der Waals surface area contributed by atoms with Crippen LogP contribution in [0.1, 0.15) is 48.2 Å². The molecule has 0 saturated heterocycles. The summed E-state index contributed by atoms with van der Waals surface area (Å²) in [6.45, 7) is 0.829. The van der Waals surface area contributed by atoms with E-state index in [0.717, 1.165) is 42.9 Å². The zero-order valence-electron chi connectivity index (χ0n) is 19.4. The number of hydrogen-bond donors (Lipinski definition) is 2. The van der Waals surface area contributed by atoms with Gasteiger partial charge in [0.15, 0.2) is 0 Å². The van der Waals surface area contributed by atoms with Crippen LogP contribution in [0.2, 0.25) is 0 Å². The highest BCUT2D eigenvalue weighted by Gasteiger charge is 2.28. The summed E-state index contributed by atoms with van der Waals surface area (Å²) >= 11 is 0. The van der Waals surface area contributed by atoms with Crippen LogP contribution >= 0.6 is 0 Å². The summed E-state index contributed by atoms with van der Waals surface area (Å²) in [6.07, 6.45) is 11.3. The molecule has 176 valence electrons. The second kappa shape index (κ2) is 9.67. The van der Waals surface area contributed by atoms with Crippen LogP contribution in [-0.4, -0.2) is 39.2 Å². The maximum absolute atomic E-state index is 13.3. The molecule has 2 aromatic heterocycles. The molecule has 3 aromatic rings. The van der Waals surface area contributed by atoms with E-state index < -0.39 is 6.04 Å². The number of aryl methyl sites for hydroxylation is 1. The third kappa shape index (κ3) is 4.81. The predicted octanol–water partition coefficient (Wildman–Crippen LogP) is 3.83. The van der Waals surface area contributed by atoms with Crippen molar-refractivity contribution < 1.29 is 9.59 Å². The van der Waals surface area contributed by atoms with Gasteiger partial charge in [0, 0.05) is 43.7 Å². The van der Waals surface area contributed by atoms with E-state index >= 15 is 0 Å². The number of nitrogens with one attached hydrogen (secondary N) is 2. The van der Waals surface area contributed by atoms with Crippen molar-refractivity contribution in [1.29, 1.82) is 0 Å². The topological polar surface area (TPSA) is 92.2 Å². The third-order valence-electron chi connectivity index (χ3n) is 6.79. The number of amides is 2. The quantitative estimate of drug-likeness (QED) is 0.562. The van der Waals surface area contributed by atoms with Crippen molar-refractivity contribution in [3.05, 3.63) is 66.2 Å². The Balaban J connectivity index is 1.32. The van der Waals surface area contributed by atoms with Crippen LogP contribution in [0.4, 0.5) is 17.1 Å². The van der Waals surface area contributed by atoms with Gasteiger partial charge in [-0.15, -0.1) is 0 Å². The van der Waals surface area contributed by atoms with Gasteiger partial charge in [-0.1, -0.05) is 31.7 Å². The second-order valence-electron chi connectivity index (χ2n) is 9.23. The van der Waals surface area contributed by atoms with Gasteiger partial charge in [0.05, 0.1) is 23.3 Å². The summed E-state index contributed by atoms with van der Waals surface area (Å²) in [5.74, 6) is 0.00521. The van der Waals surface area contributed by atoms with Gasteiger partial charge in [-0.3, -0.25) is 19.3 Å². The molecule has 0 unspecified atom stereocenters. The van der Waals surface area contributed by atoms with E-state index in [4.69, 9.17) is 0 Å². The first-order valence-corrected chi connectivity index (χ1v) is 12.0. The average molecular weight is 459 g/mol. The van der Waals surface area contributed by atoms with Gasteiger partial charge >= 0.3 is 0 Å². The zero-order valence-corrected chi connectivity index (χ0v) is 19.4. The number of pyridine rings is 1. The lowest BCUT2D eigenvalue weighted by atomic mass is 9.97. The third-order valence-corrected chi connectivity index (χ3v) is 6.79. The van der Waals surface area contributed by atoms with E-state index in [0.29, 0.717) is 23.6 Å². The van der Waals surface area contributed by atoms with Crippen molar-refractivity contribution in [2.75, 3.05) is 16.8 Å². The van der Waals surface area contributed by atoms with E-state index in [-0.39, 0.29) is 11.8 Å². The first-order chi connectivity index (χ1) is 16.6. The van der Waals surface area contributed by atoms with E-state index in [1.54, 1.807) is 30.2 Å². The van der Waals surface area contributed by atoms with Gasteiger partial charge in [0.2, 0.25) is 5.91 Å². The Morgan fingerprint density at radius 2 is 2.03 bits per heavy atom. The average Bonchev–Trinajstić information content (AvgIpc) is 3.60. The van der Waals surface area contributed by atoms with Gasteiger partial charge in [-0.05, 0) is 42.7 Å². The standard InChI is InChI=1S/C26H30N6O2/c1-31-17-20(16-28-31)29-26(34)23(14-18-6-2-3-7-18)30-25(33)19-8-4-9-21(15-19)32-13-11-22-24(32)10-5-12-27-22/h4-5,8-10,12,15-18,23H,2-3,6-7,11,13-14H2,1H3,(H,29,34)(H,30,33)/t23-/m0/s1. The molecule has 1 saturated carbocycles. The van der Waals surface area contributed by atoms with Crippen LogP contribution < -0.4 is 15.5 Å². The Labute approximate surface area is 199 Å². The molecule has 0 bridgehead atoms. The van der Waals surface area contributed by atoms with E-state index in [9.17, 15) is 9.59 Å². The Morgan fingerprint density at radius 1 is 1.18 bits per heavy atom. The number of rotatable bonds is 7. The summed E-state index contributed by atoms with van der Waals surface area (Å²) in [5.41, 5.74) is 4.27. The molecule has 2 aliphatic rings. The maximum atomic E-state index is 13.3. The van der Waals surface area contributed by atoms with Crippen molar-refractivity contribution in [3.63, 3.8) is 0 Å². The van der Waals surface area contributed by atoms with Crippen LogP contribution in [0.15, 0.2) is 55.0 Å². The van der Waals surface area contributed by atoms with Gasteiger partial charge in [0.25, 0.3) is 5.91 Å². The molecule has 1 aromatic carbocycles. The molecule has 2 amide bonds. The molecule has 1 fully saturated rings. The molecule has 8 nitrogen and oxygen atoms in total. The highest BCUT2D eigenvalue weighted by molar-refractivity contribution is 6.01. The summed E-state index contributed by atoms with van der Waals surface area (Å²) in [4.78, 5) is 33.0. The summed E-state index contributed by atoms with van der Waals surface area (Å²) in [7, 11) is 1.80. The van der Waals surface area contributed by atoms with Crippen molar-refractivity contribution in [2.24, 2.45) is 13.0 Å². The van der Waals surface area contributed by atoms with Crippen molar-refractivity contribution in [2.45, 2.75) is 44.6 Å². The number of carbonyl (C=O) groups is 2. The van der Waals surface area contributed by atoms with Crippen molar-refractivity contribution in [3.8, 4) is 0 Å². The van der Waals surface area contributed by atoms with Gasteiger partial charge in [0.1, 0.15) is 6.04 Å². The molecule has 1 aliphatic carbocycles. The number of benzene rings is 1. The highest BCUT2D eigenvalue weighted by atomic mass is 16.2. The molecule has 0 radical (unpaired) electrons. The Bertz CT molecular complexity index is 1180. The molecule has 2 N–H and O–H groups in total. The number of nitrogens with zero attached hydrogens (tertiary/aromatic N) is 4. The molecule has 3 heterocycles. The Hall–Kier alpha value is -3.68. The molecule has 8 heteroatoms. The Kier molecular flexibility index (Phi) is 6.29. The number of aromatic nitrogens is 3. The van der Waals surface area contributed by atoms with Crippen LogP contribution in [0.3, 0.4) is 0 Å². The lowest BCUT2D eigenvalue weighted by Gasteiger charge is -2.22. The van der Waals surface area contributed by atoms with E-state index in [2.05, 4.69) is 31.7 Å². The molecule has 0 spiro atoms. The van der Waals surface area contributed by atoms with Crippen molar-refractivity contribution in [1.82, 2.24) is 20.1 Å². The largest absolute Gasteiger partial charge is 0.340 e. The van der Waals surface area contributed by atoms with Crippen LogP contribution in [0.25, 0.3) is 0 Å². The molecule has 34 heavy (non-hydrogen) atoms. The molecule has 1 atom stereocenters. The number of fused-ring (bicyclic) bond motifs is 1. The van der Waals surface area contributed by atoms with Gasteiger partial charge in [-0.2, -0.15) is 5.10 Å². The minimum Gasteiger partial charge on any atom is -0.340 e. The maximum Gasteiger partial charge on any atom is 0.252 e. The van der Waals surface area contributed by atoms with Gasteiger partial charge < -0.3 is 15.5 Å². The monoisotopic (exact) mass is 458 g/mol. The molecular formula is C26H30N6O2. The number of hydrogen-bond acceptors (Lipinski definition) is 5. The Morgan fingerprint density at radius 3 is 2.82 bits per heavy atom. The van der Waals surface area contributed by atoms with Crippen LogP contribution in [0, 0.1) is 5.92 Å². The van der Waals surface area contributed by atoms with E-state index in [1.807, 2.05) is 30.5 Å². The fraction of sp³-hybridized carbons (Fsp3) is 0.385. The molecule has 1 aliphatic heterocycles. The van der Waals surface area contributed by atoms with E-state index in [1.165, 1.54) is 12.8 Å². The number of anilines is 3. The minimum atomic E-state index is -0.601. The molecule has 5 rings (SSSR count). The van der Waals surface area contributed by atoms with Crippen LogP contribution in [0.5, 0.6) is 0 Å². The smallest absolute Gasteiger partial charge is 0.252 e. The fourth-order valence-electron chi connectivity index (χ4n) is 5.06. The van der Waals surface area contributed by atoms with Crippen molar-refractivity contribution >= 4 is 28.9 Å². The summed E-state index contributed by atoms with van der Waals surface area (Å²) in [5, 5.41) is 10.0. The SMILES string of the molecule is Cn1cc(NC(=O)[C@H](CC2CCCC2)NC(=O)c2cccc(N3CCc4ncccc43)c2)cn1.